The molecule has 0 aliphatic heterocycles. The smallest absolute Gasteiger partial charge is 0.239 e. The Hall–Kier alpha value is -1.89. The van der Waals surface area contributed by atoms with Crippen molar-refractivity contribution in [2.75, 3.05) is 6.54 Å². The van der Waals surface area contributed by atoms with E-state index >= 15 is 0 Å². The van der Waals surface area contributed by atoms with E-state index in [1.54, 1.807) is 13.8 Å². The van der Waals surface area contributed by atoms with Gasteiger partial charge < -0.3 is 20.9 Å². The maximum absolute atomic E-state index is 11.6. The first kappa shape index (κ1) is 16.2. The molecule has 0 saturated heterocycles. The average molecular weight is 282 g/mol. The normalized spacial score (nSPS) is 12.3. The summed E-state index contributed by atoms with van der Waals surface area (Å²) < 4.78 is 5.00. The Morgan fingerprint density at radius 1 is 1.30 bits per heavy atom. The average Bonchev–Trinajstić information content (AvgIpc) is 2.72. The third kappa shape index (κ3) is 4.34. The molecule has 112 valence electrons. The summed E-state index contributed by atoms with van der Waals surface area (Å²) in [4.78, 5) is 23.2. The molecule has 4 N–H and O–H groups in total. The molecule has 1 aromatic heterocycles. The molecule has 7 nitrogen and oxygen atoms in total. The minimum absolute atomic E-state index is 0.0281. The molecule has 0 aromatic carbocycles. The van der Waals surface area contributed by atoms with Gasteiger partial charge in [-0.2, -0.15) is 0 Å². The largest absolute Gasteiger partial charge is 0.361 e. The Labute approximate surface area is 118 Å². The van der Waals surface area contributed by atoms with Crippen molar-refractivity contribution in [3.8, 4) is 0 Å². The van der Waals surface area contributed by atoms with Gasteiger partial charge in [0.05, 0.1) is 18.3 Å². The van der Waals surface area contributed by atoms with Crippen molar-refractivity contribution in [2.45, 2.75) is 40.3 Å². The van der Waals surface area contributed by atoms with Crippen LogP contribution in [-0.4, -0.2) is 29.6 Å². The van der Waals surface area contributed by atoms with Crippen LogP contribution >= 0.6 is 0 Å². The van der Waals surface area contributed by atoms with Crippen LogP contribution in [0.2, 0.25) is 0 Å². The van der Waals surface area contributed by atoms with E-state index in [1.807, 2.05) is 13.8 Å². The molecule has 1 aromatic rings. The van der Waals surface area contributed by atoms with Crippen LogP contribution in [0.1, 0.15) is 30.9 Å². The maximum Gasteiger partial charge on any atom is 0.239 e. The van der Waals surface area contributed by atoms with Crippen molar-refractivity contribution < 1.29 is 14.1 Å². The zero-order valence-electron chi connectivity index (χ0n) is 12.3. The highest BCUT2D eigenvalue weighted by Crippen LogP contribution is 2.11. The Morgan fingerprint density at radius 2 is 1.95 bits per heavy atom. The number of hydrogen-bond acceptors (Lipinski definition) is 5. The summed E-state index contributed by atoms with van der Waals surface area (Å²) in [5.41, 5.74) is 7.27. The molecular formula is C13H22N4O3. The first-order valence-corrected chi connectivity index (χ1v) is 6.54. The zero-order chi connectivity index (χ0) is 15.3. The van der Waals surface area contributed by atoms with Crippen LogP contribution in [0.25, 0.3) is 0 Å². The Kier molecular flexibility index (Phi) is 5.69. The van der Waals surface area contributed by atoms with Gasteiger partial charge in [0.25, 0.3) is 0 Å². The van der Waals surface area contributed by atoms with Crippen LogP contribution in [0, 0.1) is 19.8 Å². The van der Waals surface area contributed by atoms with Crippen LogP contribution in [0.3, 0.4) is 0 Å². The number of hydrogen-bond donors (Lipinski definition) is 3. The van der Waals surface area contributed by atoms with E-state index in [4.69, 9.17) is 10.3 Å². The topological polar surface area (TPSA) is 110 Å². The van der Waals surface area contributed by atoms with E-state index in [1.165, 1.54) is 0 Å². The third-order valence-electron chi connectivity index (χ3n) is 3.09. The fourth-order valence-electron chi connectivity index (χ4n) is 1.59. The minimum atomic E-state index is -0.606. The summed E-state index contributed by atoms with van der Waals surface area (Å²) >= 11 is 0. The van der Waals surface area contributed by atoms with Gasteiger partial charge in [0.1, 0.15) is 5.76 Å². The van der Waals surface area contributed by atoms with Crippen molar-refractivity contribution in [1.82, 2.24) is 15.8 Å². The SMILES string of the molecule is Cc1noc(C)c1CNC(=O)CNC(=O)[C@@H](N)C(C)C. The summed E-state index contributed by atoms with van der Waals surface area (Å²) in [7, 11) is 0. The predicted molar refractivity (Wildman–Crippen MR) is 73.6 cm³/mol. The highest BCUT2D eigenvalue weighted by atomic mass is 16.5. The molecule has 20 heavy (non-hydrogen) atoms. The molecule has 0 aliphatic carbocycles. The highest BCUT2D eigenvalue weighted by Gasteiger charge is 2.17. The quantitative estimate of drug-likeness (QED) is 0.680. The summed E-state index contributed by atoms with van der Waals surface area (Å²) in [6, 6.07) is -0.606. The van der Waals surface area contributed by atoms with E-state index in [9.17, 15) is 9.59 Å². The molecule has 2 amide bonds. The van der Waals surface area contributed by atoms with Crippen LogP contribution in [0.5, 0.6) is 0 Å². The third-order valence-corrected chi connectivity index (χ3v) is 3.09. The van der Waals surface area contributed by atoms with E-state index < -0.39 is 6.04 Å². The van der Waals surface area contributed by atoms with Crippen LogP contribution in [0.4, 0.5) is 0 Å². The number of nitrogens with two attached hydrogens (primary N) is 1. The number of carbonyl (C=O) groups is 2. The van der Waals surface area contributed by atoms with E-state index in [0.717, 1.165) is 11.3 Å². The zero-order valence-corrected chi connectivity index (χ0v) is 12.3. The van der Waals surface area contributed by atoms with Gasteiger partial charge in [-0.3, -0.25) is 9.59 Å². The second-order valence-electron chi connectivity index (χ2n) is 5.07. The molecule has 7 heteroatoms. The molecule has 1 atom stereocenters. The van der Waals surface area contributed by atoms with Gasteiger partial charge >= 0.3 is 0 Å². The van der Waals surface area contributed by atoms with Crippen molar-refractivity contribution in [3.05, 3.63) is 17.0 Å². The van der Waals surface area contributed by atoms with Gasteiger partial charge in [0.2, 0.25) is 11.8 Å². The van der Waals surface area contributed by atoms with Gasteiger partial charge in [-0.1, -0.05) is 19.0 Å². The minimum Gasteiger partial charge on any atom is -0.361 e. The second-order valence-corrected chi connectivity index (χ2v) is 5.07. The van der Waals surface area contributed by atoms with Gasteiger partial charge in [0.15, 0.2) is 0 Å². The summed E-state index contributed by atoms with van der Waals surface area (Å²) in [6.45, 7) is 7.52. The number of nitrogens with zero attached hydrogens (tertiary/aromatic N) is 1. The lowest BCUT2D eigenvalue weighted by Gasteiger charge is -2.15. The second kappa shape index (κ2) is 7.04. The molecule has 0 aliphatic rings. The number of nitrogens with one attached hydrogen (secondary N) is 2. The molecule has 0 bridgehead atoms. The predicted octanol–water partition coefficient (Wildman–Crippen LogP) is 0.00714. The lowest BCUT2D eigenvalue weighted by molar-refractivity contribution is -0.127. The standard InChI is InChI=1S/C13H22N4O3/c1-7(2)12(14)13(19)16-6-11(18)15-5-10-8(3)17-20-9(10)4/h7,12H,5-6,14H2,1-4H3,(H,15,18)(H,16,19)/t12-/m0/s1. The molecule has 1 heterocycles. The van der Waals surface area contributed by atoms with E-state index in [-0.39, 0.29) is 24.3 Å². The number of aromatic nitrogens is 1. The first-order valence-electron chi connectivity index (χ1n) is 6.54. The number of amides is 2. The molecule has 1 rings (SSSR count). The Bertz CT molecular complexity index is 462. The molecular weight excluding hydrogens is 260 g/mol. The van der Waals surface area contributed by atoms with E-state index in [2.05, 4.69) is 15.8 Å². The lowest BCUT2D eigenvalue weighted by Crippen LogP contribution is -2.47. The van der Waals surface area contributed by atoms with Crippen molar-refractivity contribution in [3.63, 3.8) is 0 Å². The van der Waals surface area contributed by atoms with Gasteiger partial charge in [-0.25, -0.2) is 0 Å². The monoisotopic (exact) mass is 282 g/mol. The molecule has 0 radical (unpaired) electrons. The van der Waals surface area contributed by atoms with Crippen molar-refractivity contribution in [2.24, 2.45) is 11.7 Å². The Morgan fingerprint density at radius 3 is 2.45 bits per heavy atom. The number of aryl methyl sites for hydroxylation is 2. The molecule has 0 fully saturated rings. The van der Waals surface area contributed by atoms with E-state index in [0.29, 0.717) is 12.3 Å². The summed E-state index contributed by atoms with van der Waals surface area (Å²) in [5, 5.41) is 9.00. The van der Waals surface area contributed by atoms with Crippen molar-refractivity contribution in [1.29, 1.82) is 0 Å². The highest BCUT2D eigenvalue weighted by molar-refractivity contribution is 5.87. The Balaban J connectivity index is 2.36. The first-order chi connectivity index (χ1) is 9.32. The lowest BCUT2D eigenvalue weighted by atomic mass is 10.1. The van der Waals surface area contributed by atoms with Crippen molar-refractivity contribution >= 4 is 11.8 Å². The fraction of sp³-hybridized carbons (Fsp3) is 0.615. The van der Waals surface area contributed by atoms with Gasteiger partial charge in [0, 0.05) is 12.1 Å². The summed E-state index contributed by atoms with van der Waals surface area (Å²) in [5.74, 6) is 0.0934. The number of carbonyl (C=O) groups excluding carboxylic acids is 2. The molecule has 0 unspecified atom stereocenters. The molecule has 0 spiro atoms. The van der Waals surface area contributed by atoms with Gasteiger partial charge in [-0.05, 0) is 19.8 Å². The molecule has 0 saturated carbocycles. The number of rotatable bonds is 6. The van der Waals surface area contributed by atoms with Crippen LogP contribution in [0.15, 0.2) is 4.52 Å². The fourth-order valence-corrected chi connectivity index (χ4v) is 1.59. The van der Waals surface area contributed by atoms with Crippen LogP contribution in [-0.2, 0) is 16.1 Å². The van der Waals surface area contributed by atoms with Gasteiger partial charge in [-0.15, -0.1) is 0 Å². The summed E-state index contributed by atoms with van der Waals surface area (Å²) in [6.07, 6.45) is 0. The van der Waals surface area contributed by atoms with Crippen LogP contribution < -0.4 is 16.4 Å². The maximum atomic E-state index is 11.6.